The van der Waals surface area contributed by atoms with Crippen LogP contribution in [0.3, 0.4) is 0 Å². The number of benzene rings is 1. The summed E-state index contributed by atoms with van der Waals surface area (Å²) in [5.41, 5.74) is 5.25. The molecule has 0 radical (unpaired) electrons. The van der Waals surface area contributed by atoms with Crippen molar-refractivity contribution in [3.63, 3.8) is 0 Å². The molecule has 0 fully saturated rings. The Morgan fingerprint density at radius 2 is 2.23 bits per heavy atom. The predicted molar refractivity (Wildman–Crippen MR) is 109 cm³/mol. The van der Waals surface area contributed by atoms with Crippen LogP contribution in [0.2, 0.25) is 5.02 Å². The van der Waals surface area contributed by atoms with Gasteiger partial charge < -0.3 is 29.6 Å². The predicted octanol–water partition coefficient (Wildman–Crippen LogP) is 1.54. The molecule has 0 bridgehead atoms. The van der Waals surface area contributed by atoms with Crippen molar-refractivity contribution in [1.82, 2.24) is 0 Å². The average Bonchev–Trinajstić information content (AvgIpc) is 3.03. The van der Waals surface area contributed by atoms with Gasteiger partial charge in [0.1, 0.15) is 36.0 Å². The lowest BCUT2D eigenvalue weighted by Gasteiger charge is -2.34. The lowest BCUT2D eigenvalue weighted by Crippen LogP contribution is -2.43. The van der Waals surface area contributed by atoms with Crippen molar-refractivity contribution in [3.8, 4) is 11.8 Å². The maximum Gasteiger partial charge on any atom is 0.325 e. The highest BCUT2D eigenvalue weighted by molar-refractivity contribution is 6.30. The molecule has 1 atom stereocenters. The minimum atomic E-state index is -1.37. The molecule has 31 heavy (non-hydrogen) atoms. The number of ether oxygens (including phenoxy) is 2. The van der Waals surface area contributed by atoms with E-state index in [1.54, 1.807) is 30.0 Å². The summed E-state index contributed by atoms with van der Waals surface area (Å²) in [7, 11) is 0. The molecule has 2 aromatic rings. The molecule has 3 heterocycles. The van der Waals surface area contributed by atoms with Crippen molar-refractivity contribution in [2.45, 2.75) is 18.9 Å². The number of nitrogens with zero attached hydrogens (tertiary/aromatic N) is 2. The van der Waals surface area contributed by atoms with Crippen molar-refractivity contribution in [3.05, 3.63) is 68.1 Å². The zero-order valence-corrected chi connectivity index (χ0v) is 17.2. The Morgan fingerprint density at radius 3 is 2.90 bits per heavy atom. The van der Waals surface area contributed by atoms with Crippen LogP contribution in [-0.4, -0.2) is 30.8 Å². The average molecular weight is 444 g/mol. The van der Waals surface area contributed by atoms with E-state index in [4.69, 9.17) is 31.2 Å². The van der Waals surface area contributed by atoms with Crippen LogP contribution in [0.25, 0.3) is 0 Å². The van der Waals surface area contributed by atoms with Gasteiger partial charge in [-0.2, -0.15) is 5.26 Å². The number of nitrogens with two attached hydrogens (primary N) is 1. The van der Waals surface area contributed by atoms with Crippen LogP contribution in [0.1, 0.15) is 24.0 Å². The lowest BCUT2D eigenvalue weighted by atomic mass is 9.72. The summed E-state index contributed by atoms with van der Waals surface area (Å²) in [4.78, 5) is 26.6. The number of hydrogen-bond donors (Lipinski definition) is 2. The van der Waals surface area contributed by atoms with Crippen molar-refractivity contribution in [1.29, 1.82) is 5.26 Å². The minimum Gasteiger partial charge on any atom is -0.465 e. The fraction of sp³-hybridized carbons (Fsp3) is 0.286. The van der Waals surface area contributed by atoms with Gasteiger partial charge in [0.2, 0.25) is 17.1 Å². The molecule has 1 spiro atoms. The second kappa shape index (κ2) is 7.65. The van der Waals surface area contributed by atoms with Crippen LogP contribution in [0.5, 0.6) is 5.75 Å². The van der Waals surface area contributed by atoms with Crippen LogP contribution < -0.4 is 20.8 Å². The third kappa shape index (κ3) is 3.12. The van der Waals surface area contributed by atoms with E-state index in [2.05, 4.69) is 6.07 Å². The fourth-order valence-electron chi connectivity index (χ4n) is 4.12. The van der Waals surface area contributed by atoms with E-state index < -0.39 is 23.4 Å². The lowest BCUT2D eigenvalue weighted by molar-refractivity contribution is -0.141. The van der Waals surface area contributed by atoms with Gasteiger partial charge in [0, 0.05) is 23.3 Å². The normalized spacial score (nSPS) is 19.0. The maximum atomic E-state index is 12.7. The van der Waals surface area contributed by atoms with Gasteiger partial charge in [0.05, 0.1) is 6.61 Å². The van der Waals surface area contributed by atoms with Crippen LogP contribution in [-0.2, 0) is 21.6 Å². The van der Waals surface area contributed by atoms with Crippen LogP contribution in [0.15, 0.2) is 44.9 Å². The first-order chi connectivity index (χ1) is 14.8. The summed E-state index contributed by atoms with van der Waals surface area (Å²) >= 11 is 6.27. The smallest absolute Gasteiger partial charge is 0.325 e. The SMILES string of the molecule is CCOC(=O)CN1CC2(C(C#N)=C(N)Oc3c2oc(CO)cc3=O)c2cc(Cl)ccc21. The number of nitriles is 1. The van der Waals surface area contributed by atoms with Gasteiger partial charge in [0.15, 0.2) is 5.76 Å². The Hall–Kier alpha value is -3.48. The number of fused-ring (bicyclic) bond motifs is 4. The molecule has 0 aliphatic carbocycles. The zero-order chi connectivity index (χ0) is 22.3. The Labute approximate surface area is 181 Å². The number of aliphatic hydroxyl groups excluding tert-OH is 1. The molecule has 0 saturated carbocycles. The quantitative estimate of drug-likeness (QED) is 0.673. The number of carbonyl (C=O) groups is 1. The van der Waals surface area contributed by atoms with Crippen molar-refractivity contribution in [2.75, 3.05) is 24.6 Å². The molecule has 2 aliphatic rings. The molecule has 3 N–H and O–H groups in total. The largest absolute Gasteiger partial charge is 0.465 e. The number of rotatable bonds is 4. The second-order valence-electron chi connectivity index (χ2n) is 7.07. The summed E-state index contributed by atoms with van der Waals surface area (Å²) in [6.07, 6.45) is 0. The minimum absolute atomic E-state index is 0.00286. The van der Waals surface area contributed by atoms with E-state index in [1.165, 1.54) is 0 Å². The highest BCUT2D eigenvalue weighted by Crippen LogP contribution is 2.54. The molecular formula is C21H18ClN3O6. The zero-order valence-electron chi connectivity index (χ0n) is 16.5. The van der Waals surface area contributed by atoms with Crippen molar-refractivity contribution < 1.29 is 23.8 Å². The van der Waals surface area contributed by atoms with E-state index in [0.29, 0.717) is 16.3 Å². The monoisotopic (exact) mass is 443 g/mol. The summed E-state index contributed by atoms with van der Waals surface area (Å²) in [5, 5.41) is 19.9. The number of anilines is 1. The molecule has 1 aromatic carbocycles. The molecule has 9 nitrogen and oxygen atoms in total. The van der Waals surface area contributed by atoms with Crippen molar-refractivity contribution >= 4 is 23.3 Å². The topological polar surface area (TPSA) is 139 Å². The molecule has 0 amide bonds. The Balaban J connectivity index is 2.02. The Morgan fingerprint density at radius 1 is 1.45 bits per heavy atom. The summed E-state index contributed by atoms with van der Waals surface area (Å²) in [6.45, 7) is 1.32. The van der Waals surface area contributed by atoms with Gasteiger partial charge in [0.25, 0.3) is 0 Å². The van der Waals surface area contributed by atoms with Crippen LogP contribution in [0.4, 0.5) is 5.69 Å². The van der Waals surface area contributed by atoms with Gasteiger partial charge in [-0.15, -0.1) is 0 Å². The van der Waals surface area contributed by atoms with Gasteiger partial charge in [-0.1, -0.05) is 11.6 Å². The second-order valence-corrected chi connectivity index (χ2v) is 7.51. The Bertz CT molecular complexity index is 1210. The summed E-state index contributed by atoms with van der Waals surface area (Å²) < 4.78 is 16.4. The van der Waals surface area contributed by atoms with Gasteiger partial charge in [-0.05, 0) is 30.7 Å². The fourth-order valence-corrected chi connectivity index (χ4v) is 4.29. The molecule has 2 aliphatic heterocycles. The van der Waals surface area contributed by atoms with Gasteiger partial charge >= 0.3 is 5.97 Å². The van der Waals surface area contributed by atoms with E-state index >= 15 is 0 Å². The number of halogens is 1. The van der Waals surface area contributed by atoms with Crippen LogP contribution >= 0.6 is 11.6 Å². The first kappa shape index (κ1) is 20.8. The van der Waals surface area contributed by atoms with Gasteiger partial charge in [-0.3, -0.25) is 9.59 Å². The molecule has 1 aromatic heterocycles. The first-order valence-corrected chi connectivity index (χ1v) is 9.80. The van der Waals surface area contributed by atoms with E-state index in [9.17, 15) is 20.0 Å². The van der Waals surface area contributed by atoms with Gasteiger partial charge in [-0.25, -0.2) is 0 Å². The van der Waals surface area contributed by atoms with E-state index in [-0.39, 0.29) is 48.4 Å². The summed E-state index contributed by atoms with van der Waals surface area (Å²) in [5.74, 6) is -0.879. The molecular weight excluding hydrogens is 426 g/mol. The number of esters is 1. The number of hydrogen-bond acceptors (Lipinski definition) is 9. The highest BCUT2D eigenvalue weighted by Gasteiger charge is 2.55. The number of carbonyl (C=O) groups excluding carboxylic acids is 1. The standard InChI is InChI=1S/C21H18ClN3O6/c1-2-29-17(28)8-25-10-21(13-5-11(22)3-4-15(13)25)14(7-23)20(24)31-18-16(27)6-12(9-26)30-19(18)21/h3-6,26H,2,8-10,24H2,1H3. The molecule has 0 saturated heterocycles. The maximum absolute atomic E-state index is 12.7. The third-order valence-corrected chi connectivity index (χ3v) is 5.54. The Kier molecular flexibility index (Phi) is 5.13. The van der Waals surface area contributed by atoms with Crippen molar-refractivity contribution in [2.24, 2.45) is 5.73 Å². The summed E-state index contributed by atoms with van der Waals surface area (Å²) in [6, 6.07) is 8.15. The van der Waals surface area contributed by atoms with Crippen LogP contribution in [0, 0.1) is 11.3 Å². The molecule has 4 rings (SSSR count). The first-order valence-electron chi connectivity index (χ1n) is 9.42. The molecule has 1 unspecified atom stereocenters. The third-order valence-electron chi connectivity index (χ3n) is 5.31. The van der Waals surface area contributed by atoms with E-state index in [0.717, 1.165) is 6.07 Å². The number of aliphatic hydroxyl groups is 1. The molecule has 10 heteroatoms. The van der Waals surface area contributed by atoms with E-state index in [1.807, 2.05) is 0 Å². The molecule has 160 valence electrons. The highest BCUT2D eigenvalue weighted by atomic mass is 35.5.